The molecule has 0 radical (unpaired) electrons. The van der Waals surface area contributed by atoms with Gasteiger partial charge in [0.25, 0.3) is 5.91 Å². The van der Waals surface area contributed by atoms with Crippen molar-refractivity contribution >= 4 is 28.5 Å². The van der Waals surface area contributed by atoms with Crippen LogP contribution in [0.1, 0.15) is 36.0 Å². The predicted octanol–water partition coefficient (Wildman–Crippen LogP) is 2.67. The normalized spacial score (nSPS) is 23.7. The summed E-state index contributed by atoms with van der Waals surface area (Å²) in [5, 5.41) is 10.0. The first-order valence-corrected chi connectivity index (χ1v) is 7.39. The fourth-order valence-corrected chi connectivity index (χ4v) is 3.14. The highest BCUT2D eigenvalue weighted by atomic mass is 127. The maximum atomic E-state index is 12.4. The molecule has 1 N–H and O–H groups in total. The Morgan fingerprint density at radius 3 is 2.67 bits per heavy atom. The minimum Gasteiger partial charge on any atom is -0.391 e. The summed E-state index contributed by atoms with van der Waals surface area (Å²) in [6, 6.07) is 7.53. The zero-order chi connectivity index (χ0) is 13.1. The van der Waals surface area contributed by atoms with E-state index in [4.69, 9.17) is 0 Å². The van der Waals surface area contributed by atoms with Crippen molar-refractivity contribution in [2.45, 2.75) is 37.8 Å². The molecule has 18 heavy (non-hydrogen) atoms. The number of carbonyl (C=O) groups is 1. The third kappa shape index (κ3) is 2.85. The summed E-state index contributed by atoms with van der Waals surface area (Å²) in [5.74, 6) is 0.00551. The molecule has 1 fully saturated rings. The first kappa shape index (κ1) is 13.8. The van der Waals surface area contributed by atoms with E-state index in [9.17, 15) is 9.90 Å². The minimum absolute atomic E-state index is 0.00551. The fourth-order valence-electron chi connectivity index (χ4n) is 2.52. The number of hydrogen-bond acceptors (Lipinski definition) is 2. The maximum Gasteiger partial charge on any atom is 0.255 e. The molecule has 98 valence electrons. The molecule has 1 aliphatic rings. The highest BCUT2D eigenvalue weighted by Gasteiger charge is 2.30. The lowest BCUT2D eigenvalue weighted by molar-refractivity contribution is 0.0267. The van der Waals surface area contributed by atoms with E-state index in [0.717, 1.165) is 34.8 Å². The standard InChI is InChI=1S/C14H18INO2/c1-16(12-8-4-5-9-13(12)17)14(18)10-6-2-3-7-11(10)15/h2-3,6-7,12-13,17H,4-5,8-9H2,1H3. The highest BCUT2D eigenvalue weighted by Crippen LogP contribution is 2.24. The number of aliphatic hydroxyl groups excluding tert-OH is 1. The first-order valence-electron chi connectivity index (χ1n) is 6.31. The van der Waals surface area contributed by atoms with Crippen LogP contribution in [0.4, 0.5) is 0 Å². The van der Waals surface area contributed by atoms with E-state index in [-0.39, 0.29) is 18.1 Å². The number of amides is 1. The quantitative estimate of drug-likeness (QED) is 0.825. The van der Waals surface area contributed by atoms with E-state index in [1.54, 1.807) is 11.9 Å². The lowest BCUT2D eigenvalue weighted by Gasteiger charge is -2.35. The number of rotatable bonds is 2. The molecule has 1 aromatic rings. The smallest absolute Gasteiger partial charge is 0.255 e. The van der Waals surface area contributed by atoms with Crippen LogP contribution in [-0.2, 0) is 0 Å². The predicted molar refractivity (Wildman–Crippen MR) is 79.5 cm³/mol. The molecule has 1 saturated carbocycles. The van der Waals surface area contributed by atoms with Gasteiger partial charge in [0.2, 0.25) is 0 Å². The van der Waals surface area contributed by atoms with Gasteiger partial charge in [-0.05, 0) is 47.6 Å². The second-order valence-electron chi connectivity index (χ2n) is 4.82. The average Bonchev–Trinajstić information content (AvgIpc) is 2.38. The van der Waals surface area contributed by atoms with Crippen LogP contribution in [0.5, 0.6) is 0 Å². The summed E-state index contributed by atoms with van der Waals surface area (Å²) in [4.78, 5) is 14.1. The van der Waals surface area contributed by atoms with Crippen LogP contribution in [0.25, 0.3) is 0 Å². The van der Waals surface area contributed by atoms with Crippen LogP contribution < -0.4 is 0 Å². The van der Waals surface area contributed by atoms with Crippen LogP contribution in [0.2, 0.25) is 0 Å². The molecular formula is C14H18INO2. The summed E-state index contributed by atoms with van der Waals surface area (Å²) in [7, 11) is 1.80. The van der Waals surface area contributed by atoms with E-state index in [0.29, 0.717) is 0 Å². The SMILES string of the molecule is CN(C(=O)c1ccccc1I)C1CCCCC1O. The van der Waals surface area contributed by atoms with Crippen molar-refractivity contribution in [3.8, 4) is 0 Å². The zero-order valence-electron chi connectivity index (χ0n) is 10.5. The van der Waals surface area contributed by atoms with E-state index in [2.05, 4.69) is 22.6 Å². The second kappa shape index (κ2) is 6.02. The van der Waals surface area contributed by atoms with Crippen molar-refractivity contribution in [1.82, 2.24) is 4.90 Å². The molecule has 2 rings (SSSR count). The average molecular weight is 359 g/mol. The van der Waals surface area contributed by atoms with Crippen LogP contribution in [0, 0.1) is 3.57 Å². The topological polar surface area (TPSA) is 40.5 Å². The number of halogens is 1. The summed E-state index contributed by atoms with van der Waals surface area (Å²) >= 11 is 2.18. The Labute approximate surface area is 121 Å². The fraction of sp³-hybridized carbons (Fsp3) is 0.500. The van der Waals surface area contributed by atoms with Crippen LogP contribution in [0.15, 0.2) is 24.3 Å². The van der Waals surface area contributed by atoms with Gasteiger partial charge in [0.05, 0.1) is 17.7 Å². The van der Waals surface area contributed by atoms with Gasteiger partial charge >= 0.3 is 0 Å². The van der Waals surface area contributed by atoms with Gasteiger partial charge in [-0.25, -0.2) is 0 Å². The van der Waals surface area contributed by atoms with Crippen molar-refractivity contribution in [3.05, 3.63) is 33.4 Å². The van der Waals surface area contributed by atoms with E-state index in [1.165, 1.54) is 0 Å². The van der Waals surface area contributed by atoms with E-state index < -0.39 is 0 Å². The molecule has 1 amide bonds. The number of nitrogens with zero attached hydrogens (tertiary/aromatic N) is 1. The number of benzene rings is 1. The third-order valence-electron chi connectivity index (χ3n) is 3.62. The van der Waals surface area contributed by atoms with Crippen LogP contribution in [-0.4, -0.2) is 35.1 Å². The van der Waals surface area contributed by atoms with Gasteiger partial charge < -0.3 is 10.0 Å². The van der Waals surface area contributed by atoms with Gasteiger partial charge in [-0.3, -0.25) is 4.79 Å². The lowest BCUT2D eigenvalue weighted by Crippen LogP contribution is -2.46. The Kier molecular flexibility index (Phi) is 4.61. The van der Waals surface area contributed by atoms with Gasteiger partial charge in [-0.15, -0.1) is 0 Å². The minimum atomic E-state index is -0.380. The van der Waals surface area contributed by atoms with Gasteiger partial charge in [-0.2, -0.15) is 0 Å². The molecule has 2 atom stereocenters. The van der Waals surface area contributed by atoms with Gasteiger partial charge in [0.1, 0.15) is 0 Å². The Bertz CT molecular complexity index is 436. The number of carbonyl (C=O) groups excluding carboxylic acids is 1. The summed E-state index contributed by atoms with van der Waals surface area (Å²) < 4.78 is 0.956. The third-order valence-corrected chi connectivity index (χ3v) is 4.56. The monoisotopic (exact) mass is 359 g/mol. The molecule has 0 heterocycles. The van der Waals surface area contributed by atoms with Crippen LogP contribution in [0.3, 0.4) is 0 Å². The maximum absolute atomic E-state index is 12.4. The molecule has 3 nitrogen and oxygen atoms in total. The molecule has 0 saturated heterocycles. The molecule has 0 aromatic heterocycles. The van der Waals surface area contributed by atoms with Crippen LogP contribution >= 0.6 is 22.6 Å². The van der Waals surface area contributed by atoms with Gasteiger partial charge in [0.15, 0.2) is 0 Å². The summed E-state index contributed by atoms with van der Waals surface area (Å²) in [6.07, 6.45) is 3.46. The van der Waals surface area contributed by atoms with Crippen molar-refractivity contribution < 1.29 is 9.90 Å². The van der Waals surface area contributed by atoms with Crippen molar-refractivity contribution in [3.63, 3.8) is 0 Å². The number of aliphatic hydroxyl groups is 1. The molecular weight excluding hydrogens is 341 g/mol. The van der Waals surface area contributed by atoms with Crippen molar-refractivity contribution in [2.24, 2.45) is 0 Å². The highest BCUT2D eigenvalue weighted by molar-refractivity contribution is 14.1. The van der Waals surface area contributed by atoms with Crippen molar-refractivity contribution in [1.29, 1.82) is 0 Å². The molecule has 4 heteroatoms. The molecule has 0 spiro atoms. The zero-order valence-corrected chi connectivity index (χ0v) is 12.6. The Morgan fingerprint density at radius 1 is 1.33 bits per heavy atom. The second-order valence-corrected chi connectivity index (χ2v) is 5.98. The van der Waals surface area contributed by atoms with E-state index in [1.807, 2.05) is 24.3 Å². The molecule has 2 unspecified atom stereocenters. The molecule has 1 aliphatic carbocycles. The van der Waals surface area contributed by atoms with Gasteiger partial charge in [0, 0.05) is 10.6 Å². The largest absolute Gasteiger partial charge is 0.391 e. The number of likely N-dealkylation sites (N-methyl/N-ethyl adjacent to an activating group) is 1. The summed E-state index contributed by atoms with van der Waals surface area (Å²) in [5.41, 5.74) is 0.721. The van der Waals surface area contributed by atoms with Gasteiger partial charge in [-0.1, -0.05) is 25.0 Å². The Hall–Kier alpha value is -0.620. The Balaban J connectivity index is 2.16. The molecule has 0 bridgehead atoms. The van der Waals surface area contributed by atoms with Crippen molar-refractivity contribution in [2.75, 3.05) is 7.05 Å². The number of hydrogen-bond donors (Lipinski definition) is 1. The lowest BCUT2D eigenvalue weighted by atomic mass is 9.91. The first-order chi connectivity index (χ1) is 8.61. The Morgan fingerprint density at radius 2 is 2.00 bits per heavy atom. The molecule has 0 aliphatic heterocycles. The molecule has 1 aromatic carbocycles. The summed E-state index contributed by atoms with van der Waals surface area (Å²) in [6.45, 7) is 0. The van der Waals surface area contributed by atoms with E-state index >= 15 is 0 Å².